The molecule has 0 aliphatic carbocycles. The monoisotopic (exact) mass is 320 g/mol. The van der Waals surface area contributed by atoms with Crippen LogP contribution in [-0.4, -0.2) is 69.0 Å². The number of rotatable bonds is 5. The van der Waals surface area contributed by atoms with Crippen molar-refractivity contribution in [2.75, 3.05) is 20.1 Å². The SMILES string of the molecule is Cc1nc(C(C)N2CCC2CNC(=O)[C@@H]2CCC(=O)N2C)n[nH]1. The molecule has 126 valence electrons. The van der Waals surface area contributed by atoms with Crippen LogP contribution >= 0.6 is 0 Å². The highest BCUT2D eigenvalue weighted by molar-refractivity contribution is 5.90. The lowest BCUT2D eigenvalue weighted by molar-refractivity contribution is -0.134. The molecule has 8 nitrogen and oxygen atoms in total. The van der Waals surface area contributed by atoms with Crippen LogP contribution in [0, 0.1) is 6.92 Å². The van der Waals surface area contributed by atoms with Gasteiger partial charge in [0.25, 0.3) is 0 Å². The molecule has 0 radical (unpaired) electrons. The Morgan fingerprint density at radius 2 is 2.26 bits per heavy atom. The quantitative estimate of drug-likeness (QED) is 0.795. The maximum Gasteiger partial charge on any atom is 0.242 e. The van der Waals surface area contributed by atoms with Crippen molar-refractivity contribution in [1.82, 2.24) is 30.3 Å². The highest BCUT2D eigenvalue weighted by Gasteiger charge is 2.36. The van der Waals surface area contributed by atoms with E-state index in [0.29, 0.717) is 25.4 Å². The summed E-state index contributed by atoms with van der Waals surface area (Å²) in [6.07, 6.45) is 2.13. The second kappa shape index (κ2) is 6.27. The Hall–Kier alpha value is -1.96. The number of H-pyrrole nitrogens is 1. The van der Waals surface area contributed by atoms with Crippen molar-refractivity contribution >= 4 is 11.8 Å². The highest BCUT2D eigenvalue weighted by atomic mass is 16.2. The first-order valence-electron chi connectivity index (χ1n) is 8.15. The van der Waals surface area contributed by atoms with E-state index in [4.69, 9.17) is 0 Å². The third kappa shape index (κ3) is 3.08. The van der Waals surface area contributed by atoms with Crippen LogP contribution in [0.1, 0.15) is 43.9 Å². The Labute approximate surface area is 135 Å². The van der Waals surface area contributed by atoms with Crippen LogP contribution < -0.4 is 5.32 Å². The number of hydrogen-bond donors (Lipinski definition) is 2. The minimum absolute atomic E-state index is 0.0454. The number of carbonyl (C=O) groups is 2. The van der Waals surface area contributed by atoms with Gasteiger partial charge in [0.05, 0.1) is 6.04 Å². The van der Waals surface area contributed by atoms with Gasteiger partial charge in [-0.15, -0.1) is 0 Å². The van der Waals surface area contributed by atoms with E-state index in [1.54, 1.807) is 11.9 Å². The molecule has 2 N–H and O–H groups in total. The van der Waals surface area contributed by atoms with E-state index >= 15 is 0 Å². The van der Waals surface area contributed by atoms with Crippen LogP contribution in [0.2, 0.25) is 0 Å². The lowest BCUT2D eigenvalue weighted by atomic mass is 9.99. The molecule has 0 aromatic carbocycles. The first-order chi connectivity index (χ1) is 11.0. The minimum Gasteiger partial charge on any atom is -0.353 e. The van der Waals surface area contributed by atoms with Crippen molar-refractivity contribution in [3.05, 3.63) is 11.6 Å². The maximum atomic E-state index is 12.2. The molecule has 8 heteroatoms. The number of likely N-dealkylation sites (tertiary alicyclic amines) is 2. The fourth-order valence-electron chi connectivity index (χ4n) is 3.33. The van der Waals surface area contributed by atoms with Crippen molar-refractivity contribution in [2.24, 2.45) is 0 Å². The number of likely N-dealkylation sites (N-methyl/N-ethyl adjacent to an activating group) is 1. The first kappa shape index (κ1) is 15.9. The van der Waals surface area contributed by atoms with Crippen molar-refractivity contribution in [3.63, 3.8) is 0 Å². The molecule has 0 bridgehead atoms. The van der Waals surface area contributed by atoms with Crippen LogP contribution in [-0.2, 0) is 9.59 Å². The summed E-state index contributed by atoms with van der Waals surface area (Å²) in [5, 5.41) is 10.1. The molecular formula is C15H24N6O2. The molecule has 1 aromatic rings. The Morgan fingerprint density at radius 3 is 2.78 bits per heavy atom. The third-order valence-corrected chi connectivity index (χ3v) is 4.98. The summed E-state index contributed by atoms with van der Waals surface area (Å²) in [5.41, 5.74) is 0. The predicted octanol–water partition coefficient (Wildman–Crippen LogP) is -0.0146. The summed E-state index contributed by atoms with van der Waals surface area (Å²) >= 11 is 0. The van der Waals surface area contributed by atoms with Gasteiger partial charge in [0.1, 0.15) is 11.9 Å². The summed E-state index contributed by atoms with van der Waals surface area (Å²) in [7, 11) is 1.70. The molecule has 2 amide bonds. The molecule has 2 fully saturated rings. The summed E-state index contributed by atoms with van der Waals surface area (Å²) in [6.45, 7) is 5.55. The van der Waals surface area contributed by atoms with E-state index < -0.39 is 0 Å². The molecular weight excluding hydrogens is 296 g/mol. The van der Waals surface area contributed by atoms with E-state index in [1.807, 2.05) is 6.92 Å². The average molecular weight is 320 g/mol. The molecule has 0 saturated carbocycles. The van der Waals surface area contributed by atoms with Gasteiger partial charge in [-0.05, 0) is 26.7 Å². The van der Waals surface area contributed by atoms with Gasteiger partial charge in [-0.2, -0.15) is 5.10 Å². The Morgan fingerprint density at radius 1 is 1.48 bits per heavy atom. The van der Waals surface area contributed by atoms with Crippen molar-refractivity contribution in [3.8, 4) is 0 Å². The number of nitrogens with zero attached hydrogens (tertiary/aromatic N) is 4. The van der Waals surface area contributed by atoms with E-state index in [-0.39, 0.29) is 23.9 Å². The molecule has 3 atom stereocenters. The first-order valence-corrected chi connectivity index (χ1v) is 8.15. The van der Waals surface area contributed by atoms with E-state index in [9.17, 15) is 9.59 Å². The smallest absolute Gasteiger partial charge is 0.242 e. The maximum absolute atomic E-state index is 12.2. The van der Waals surface area contributed by atoms with E-state index in [2.05, 4.69) is 32.3 Å². The molecule has 1 aromatic heterocycles. The standard InChI is InChI=1S/C15H24N6O2/c1-9(14-17-10(2)18-19-14)21-7-6-11(21)8-16-15(23)12-4-5-13(22)20(12)3/h9,11-12H,4-8H2,1-3H3,(H,16,23)(H,17,18,19)/t9?,11?,12-/m0/s1. The second-order valence-corrected chi connectivity index (χ2v) is 6.44. The zero-order valence-electron chi connectivity index (χ0n) is 13.9. The molecule has 2 aliphatic heterocycles. The molecule has 3 rings (SSSR count). The number of aryl methyl sites for hydroxylation is 1. The Bertz CT molecular complexity index is 601. The number of nitrogens with one attached hydrogen (secondary N) is 2. The summed E-state index contributed by atoms with van der Waals surface area (Å²) in [6, 6.07) is 0.116. The van der Waals surface area contributed by atoms with Crippen LogP contribution in [0.4, 0.5) is 0 Å². The zero-order chi connectivity index (χ0) is 16.6. The lowest BCUT2D eigenvalue weighted by Gasteiger charge is -2.44. The van der Waals surface area contributed by atoms with Crippen LogP contribution in [0.25, 0.3) is 0 Å². The van der Waals surface area contributed by atoms with Gasteiger partial charge in [-0.25, -0.2) is 4.98 Å². The van der Waals surface area contributed by atoms with Gasteiger partial charge in [0.15, 0.2) is 5.82 Å². The number of amides is 2. The highest BCUT2D eigenvalue weighted by Crippen LogP contribution is 2.28. The van der Waals surface area contributed by atoms with Gasteiger partial charge < -0.3 is 10.2 Å². The summed E-state index contributed by atoms with van der Waals surface area (Å²) < 4.78 is 0. The van der Waals surface area contributed by atoms with Crippen molar-refractivity contribution in [2.45, 2.75) is 51.2 Å². The number of aromatic nitrogens is 3. The third-order valence-electron chi connectivity index (χ3n) is 4.98. The Balaban J connectivity index is 1.51. The summed E-state index contributed by atoms with van der Waals surface area (Å²) in [5.74, 6) is 1.60. The predicted molar refractivity (Wildman–Crippen MR) is 83.4 cm³/mol. The average Bonchev–Trinajstić information content (AvgIpc) is 3.05. The Kier molecular flexibility index (Phi) is 4.34. The number of carbonyl (C=O) groups excluding carboxylic acids is 2. The minimum atomic E-state index is -0.316. The van der Waals surface area contributed by atoms with Crippen molar-refractivity contribution < 1.29 is 9.59 Å². The van der Waals surface area contributed by atoms with Crippen LogP contribution in [0.5, 0.6) is 0 Å². The molecule has 3 heterocycles. The molecule has 0 spiro atoms. The topological polar surface area (TPSA) is 94.2 Å². The lowest BCUT2D eigenvalue weighted by Crippen LogP contribution is -2.55. The molecule has 2 aliphatic rings. The fourth-order valence-corrected chi connectivity index (χ4v) is 3.33. The molecule has 2 unspecified atom stereocenters. The van der Waals surface area contributed by atoms with Crippen molar-refractivity contribution in [1.29, 1.82) is 0 Å². The molecule has 23 heavy (non-hydrogen) atoms. The van der Waals surface area contributed by atoms with Gasteiger partial charge in [-0.1, -0.05) is 0 Å². The number of hydrogen-bond acceptors (Lipinski definition) is 5. The molecule has 2 saturated heterocycles. The largest absolute Gasteiger partial charge is 0.353 e. The van der Waals surface area contributed by atoms with Gasteiger partial charge in [-0.3, -0.25) is 19.6 Å². The van der Waals surface area contributed by atoms with Gasteiger partial charge >= 0.3 is 0 Å². The van der Waals surface area contributed by atoms with Gasteiger partial charge in [0.2, 0.25) is 11.8 Å². The van der Waals surface area contributed by atoms with E-state index in [0.717, 1.165) is 24.6 Å². The van der Waals surface area contributed by atoms with E-state index in [1.165, 1.54) is 0 Å². The van der Waals surface area contributed by atoms with Crippen LogP contribution in [0.15, 0.2) is 0 Å². The fraction of sp³-hybridized carbons (Fsp3) is 0.733. The number of aromatic amines is 1. The zero-order valence-corrected chi connectivity index (χ0v) is 13.9. The normalized spacial score (nSPS) is 26.2. The van der Waals surface area contributed by atoms with Gasteiger partial charge in [0, 0.05) is 32.6 Å². The van der Waals surface area contributed by atoms with Crippen LogP contribution in [0.3, 0.4) is 0 Å². The summed E-state index contributed by atoms with van der Waals surface area (Å²) in [4.78, 5) is 32.0. The second-order valence-electron chi connectivity index (χ2n) is 6.44.